The second-order valence-electron chi connectivity index (χ2n) is 4.19. The van der Waals surface area contributed by atoms with Crippen molar-refractivity contribution in [1.29, 1.82) is 0 Å². The molecule has 1 aliphatic rings. The maximum absolute atomic E-state index is 5.28. The predicted octanol–water partition coefficient (Wildman–Crippen LogP) is 3.29. The molecule has 16 heavy (non-hydrogen) atoms. The van der Waals surface area contributed by atoms with Crippen LogP contribution in [0.4, 0.5) is 0 Å². The third kappa shape index (κ3) is 1.92. The molecule has 0 bridgehead atoms. The molecule has 86 valence electrons. The third-order valence-electron chi connectivity index (χ3n) is 3.08. The summed E-state index contributed by atoms with van der Waals surface area (Å²) in [5, 5.41) is 0. The van der Waals surface area contributed by atoms with Crippen LogP contribution in [0.15, 0.2) is 24.1 Å². The lowest BCUT2D eigenvalue weighted by atomic mass is 9.87. The summed E-state index contributed by atoms with van der Waals surface area (Å²) in [5.41, 5.74) is 5.21. The summed E-state index contributed by atoms with van der Waals surface area (Å²) in [5.74, 6) is 0.657. The minimum Gasteiger partial charge on any atom is -0.469 e. The minimum atomic E-state index is 0.657. The molecular formula is C14H18O2. The van der Waals surface area contributed by atoms with Crippen molar-refractivity contribution in [2.24, 2.45) is 0 Å². The second-order valence-corrected chi connectivity index (χ2v) is 4.19. The Kier molecular flexibility index (Phi) is 3.18. The monoisotopic (exact) mass is 218 g/mol. The molecule has 0 unspecified atom stereocenters. The van der Waals surface area contributed by atoms with E-state index in [9.17, 15) is 0 Å². The Morgan fingerprint density at radius 3 is 2.56 bits per heavy atom. The Morgan fingerprint density at radius 1 is 1.12 bits per heavy atom. The van der Waals surface area contributed by atoms with Crippen molar-refractivity contribution < 1.29 is 9.47 Å². The van der Waals surface area contributed by atoms with E-state index in [-0.39, 0.29) is 0 Å². The van der Waals surface area contributed by atoms with Crippen LogP contribution < -0.4 is 0 Å². The highest BCUT2D eigenvalue weighted by Gasteiger charge is 2.19. The Hall–Kier alpha value is -1.44. The van der Waals surface area contributed by atoms with E-state index in [1.165, 1.54) is 28.7 Å². The van der Waals surface area contributed by atoms with Crippen molar-refractivity contribution in [1.82, 2.24) is 0 Å². The zero-order chi connectivity index (χ0) is 11.5. The zero-order valence-electron chi connectivity index (χ0n) is 10.2. The number of rotatable bonds is 2. The Labute approximate surface area is 96.9 Å². The highest BCUT2D eigenvalue weighted by atomic mass is 16.7. The number of hydrogen-bond acceptors (Lipinski definition) is 2. The summed E-state index contributed by atoms with van der Waals surface area (Å²) in [6.45, 7) is 2.13. The van der Waals surface area contributed by atoms with Gasteiger partial charge in [0.05, 0.1) is 14.2 Å². The van der Waals surface area contributed by atoms with Gasteiger partial charge >= 0.3 is 0 Å². The fourth-order valence-electron chi connectivity index (χ4n) is 2.36. The van der Waals surface area contributed by atoms with Crippen LogP contribution >= 0.6 is 0 Å². The van der Waals surface area contributed by atoms with Gasteiger partial charge in [-0.05, 0) is 37.3 Å². The van der Waals surface area contributed by atoms with E-state index in [0.29, 0.717) is 5.95 Å². The van der Waals surface area contributed by atoms with E-state index in [0.717, 1.165) is 12.8 Å². The van der Waals surface area contributed by atoms with Crippen LogP contribution in [0.1, 0.15) is 29.5 Å². The third-order valence-corrected chi connectivity index (χ3v) is 3.08. The number of ether oxygens (including phenoxy) is 2. The number of fused-ring (bicyclic) bond motifs is 1. The lowest BCUT2D eigenvalue weighted by molar-refractivity contribution is 0.0969. The van der Waals surface area contributed by atoms with Gasteiger partial charge in [-0.1, -0.05) is 23.8 Å². The number of methoxy groups -OCH3 is 2. The first-order valence-corrected chi connectivity index (χ1v) is 5.67. The van der Waals surface area contributed by atoms with Crippen molar-refractivity contribution in [2.45, 2.75) is 26.2 Å². The first-order valence-electron chi connectivity index (χ1n) is 5.67. The van der Waals surface area contributed by atoms with E-state index in [4.69, 9.17) is 9.47 Å². The van der Waals surface area contributed by atoms with Crippen molar-refractivity contribution >= 4 is 5.57 Å². The Bertz CT molecular complexity index is 413. The summed E-state index contributed by atoms with van der Waals surface area (Å²) in [6.07, 6.45) is 3.36. The second kappa shape index (κ2) is 4.60. The van der Waals surface area contributed by atoms with Gasteiger partial charge in [-0.2, -0.15) is 0 Å². The number of hydrogen-bond donors (Lipinski definition) is 0. The molecule has 1 aromatic carbocycles. The normalized spacial score (nSPS) is 14.3. The molecule has 0 amide bonds. The topological polar surface area (TPSA) is 18.5 Å². The zero-order valence-corrected chi connectivity index (χ0v) is 10.2. The summed E-state index contributed by atoms with van der Waals surface area (Å²) >= 11 is 0. The van der Waals surface area contributed by atoms with E-state index < -0.39 is 0 Å². The molecule has 1 aliphatic carbocycles. The molecule has 2 nitrogen and oxygen atoms in total. The molecule has 0 aromatic heterocycles. The van der Waals surface area contributed by atoms with Gasteiger partial charge in [-0.15, -0.1) is 0 Å². The molecule has 0 atom stereocenters. The summed E-state index contributed by atoms with van der Waals surface area (Å²) in [7, 11) is 3.32. The van der Waals surface area contributed by atoms with Gasteiger partial charge in [-0.3, -0.25) is 0 Å². The molecule has 0 fully saturated rings. The van der Waals surface area contributed by atoms with Crippen LogP contribution in [0.2, 0.25) is 0 Å². The summed E-state index contributed by atoms with van der Waals surface area (Å²) < 4.78 is 10.6. The number of allylic oxidation sites excluding steroid dienone is 1. The highest BCUT2D eigenvalue weighted by Crippen LogP contribution is 2.33. The molecular weight excluding hydrogens is 200 g/mol. The Balaban J connectivity index is 2.51. The summed E-state index contributed by atoms with van der Waals surface area (Å²) in [4.78, 5) is 0. The maximum Gasteiger partial charge on any atom is 0.282 e. The van der Waals surface area contributed by atoms with Crippen LogP contribution in [0.5, 0.6) is 0 Å². The van der Waals surface area contributed by atoms with Gasteiger partial charge in [-0.25, -0.2) is 0 Å². The Morgan fingerprint density at radius 2 is 1.88 bits per heavy atom. The average molecular weight is 218 g/mol. The molecule has 0 radical (unpaired) electrons. The largest absolute Gasteiger partial charge is 0.469 e. The SMILES string of the molecule is COC(OC)=C1CCCc2cc(C)ccc21. The summed E-state index contributed by atoms with van der Waals surface area (Å²) in [6, 6.07) is 6.59. The fourth-order valence-corrected chi connectivity index (χ4v) is 2.36. The van der Waals surface area contributed by atoms with Gasteiger partial charge in [0.25, 0.3) is 5.95 Å². The molecule has 0 aliphatic heterocycles. The van der Waals surface area contributed by atoms with Crippen LogP contribution in [0.25, 0.3) is 5.57 Å². The molecule has 0 spiro atoms. The molecule has 0 N–H and O–H groups in total. The van der Waals surface area contributed by atoms with E-state index in [1.54, 1.807) is 14.2 Å². The lowest BCUT2D eigenvalue weighted by Crippen LogP contribution is -2.06. The number of benzene rings is 1. The first-order chi connectivity index (χ1) is 7.76. The van der Waals surface area contributed by atoms with Gasteiger partial charge in [0.15, 0.2) is 0 Å². The highest BCUT2D eigenvalue weighted by molar-refractivity contribution is 5.71. The molecule has 0 heterocycles. The minimum absolute atomic E-state index is 0.657. The van der Waals surface area contributed by atoms with Crippen molar-refractivity contribution in [3.63, 3.8) is 0 Å². The smallest absolute Gasteiger partial charge is 0.282 e. The van der Waals surface area contributed by atoms with Gasteiger partial charge in [0.2, 0.25) is 0 Å². The van der Waals surface area contributed by atoms with Crippen LogP contribution in [0, 0.1) is 6.92 Å². The van der Waals surface area contributed by atoms with Crippen LogP contribution in [0.3, 0.4) is 0 Å². The van der Waals surface area contributed by atoms with Crippen molar-refractivity contribution in [3.05, 3.63) is 40.8 Å². The quantitative estimate of drug-likeness (QED) is 0.709. The lowest BCUT2D eigenvalue weighted by Gasteiger charge is -2.21. The molecule has 0 saturated heterocycles. The van der Waals surface area contributed by atoms with E-state index >= 15 is 0 Å². The molecule has 1 aromatic rings. The van der Waals surface area contributed by atoms with Gasteiger partial charge in [0.1, 0.15) is 0 Å². The van der Waals surface area contributed by atoms with E-state index in [2.05, 4.69) is 25.1 Å². The standard InChI is InChI=1S/C14H18O2/c1-10-7-8-12-11(9-10)5-4-6-13(12)14(15-2)16-3/h7-9H,4-6H2,1-3H3. The molecule has 2 heteroatoms. The fraction of sp³-hybridized carbons (Fsp3) is 0.429. The molecule has 2 rings (SSSR count). The average Bonchev–Trinajstić information content (AvgIpc) is 2.30. The predicted molar refractivity (Wildman–Crippen MR) is 65.1 cm³/mol. The first kappa shape index (κ1) is 11.1. The van der Waals surface area contributed by atoms with Crippen molar-refractivity contribution in [3.8, 4) is 0 Å². The van der Waals surface area contributed by atoms with Crippen molar-refractivity contribution in [2.75, 3.05) is 14.2 Å². The van der Waals surface area contributed by atoms with Gasteiger partial charge in [0, 0.05) is 5.57 Å². The van der Waals surface area contributed by atoms with Gasteiger partial charge < -0.3 is 9.47 Å². The number of aryl methyl sites for hydroxylation is 2. The van der Waals surface area contributed by atoms with Crippen LogP contribution in [-0.4, -0.2) is 14.2 Å². The van der Waals surface area contributed by atoms with Crippen LogP contribution in [-0.2, 0) is 15.9 Å². The maximum atomic E-state index is 5.28. The van der Waals surface area contributed by atoms with E-state index in [1.807, 2.05) is 0 Å². The molecule has 0 saturated carbocycles.